The van der Waals surface area contributed by atoms with E-state index in [1.165, 1.54) is 31.0 Å². The number of aliphatic imine (C=N–C) groups is 1. The van der Waals surface area contributed by atoms with Gasteiger partial charge >= 0.3 is 5.97 Å². The highest BCUT2D eigenvalue weighted by Crippen LogP contribution is 2.45. The van der Waals surface area contributed by atoms with Crippen LogP contribution in [0, 0.1) is 6.92 Å². The molecule has 1 aromatic carbocycles. The molecule has 1 aliphatic carbocycles. The zero-order chi connectivity index (χ0) is 24.4. The number of hydrogen-bond donors (Lipinski definition) is 0. The number of ether oxygens (including phenoxy) is 1. The molecular weight excluding hydrogens is 446 g/mol. The minimum Gasteiger partial charge on any atom is -0.459 e. The van der Waals surface area contributed by atoms with Crippen LogP contribution in [0.25, 0.3) is 0 Å². The molecule has 0 radical (unpaired) electrons. The second-order valence-corrected chi connectivity index (χ2v) is 10.5. The number of thioether (sulfide) groups is 1. The third-order valence-electron chi connectivity index (χ3n) is 6.89. The summed E-state index contributed by atoms with van der Waals surface area (Å²) in [5, 5.41) is 2.82. The van der Waals surface area contributed by atoms with Crippen molar-refractivity contribution >= 4 is 28.8 Å². The molecule has 1 saturated carbocycles. The summed E-state index contributed by atoms with van der Waals surface area (Å²) in [7, 11) is 1.93. The van der Waals surface area contributed by atoms with Gasteiger partial charge < -0.3 is 14.5 Å². The summed E-state index contributed by atoms with van der Waals surface area (Å²) in [6, 6.07) is 8.02. The monoisotopic (exact) mass is 481 g/mol. The SMILES string of the molecule is CC1=C(C(=O)OC(C)C)C(c2ccccc2C)N2C(CC(=O)N(C)C3CCCCC3)=CSC2=N1. The number of carbonyl (C=O) groups excluding carboxylic acids is 2. The number of aryl methyl sites for hydroxylation is 1. The van der Waals surface area contributed by atoms with Crippen LogP contribution in [0.2, 0.25) is 0 Å². The highest BCUT2D eigenvalue weighted by molar-refractivity contribution is 8.16. The van der Waals surface area contributed by atoms with E-state index in [-0.39, 0.29) is 30.4 Å². The van der Waals surface area contributed by atoms with E-state index in [9.17, 15) is 9.59 Å². The van der Waals surface area contributed by atoms with Gasteiger partial charge in [0.2, 0.25) is 5.91 Å². The summed E-state index contributed by atoms with van der Waals surface area (Å²) >= 11 is 1.52. The fourth-order valence-corrected chi connectivity index (χ4v) is 6.01. The predicted molar refractivity (Wildman–Crippen MR) is 137 cm³/mol. The standard InChI is InChI=1S/C27H35N3O3S/c1-17(2)33-26(32)24-19(4)28-27-30(25(24)22-14-10-9-11-18(22)3)21(16-34-27)15-23(31)29(5)20-12-7-6-8-13-20/h9-11,14,16-17,20,25H,6-8,12-13,15H2,1-5H3. The lowest BCUT2D eigenvalue weighted by Gasteiger charge is -2.38. The van der Waals surface area contributed by atoms with Crippen LogP contribution in [-0.2, 0) is 14.3 Å². The van der Waals surface area contributed by atoms with Gasteiger partial charge in [-0.3, -0.25) is 4.79 Å². The lowest BCUT2D eigenvalue weighted by Crippen LogP contribution is -2.41. The van der Waals surface area contributed by atoms with Crippen molar-refractivity contribution < 1.29 is 14.3 Å². The normalized spacial score (nSPS) is 20.8. The van der Waals surface area contributed by atoms with Crippen molar-refractivity contribution in [2.45, 2.75) is 84.4 Å². The van der Waals surface area contributed by atoms with Crippen molar-refractivity contribution in [3.05, 3.63) is 57.8 Å². The number of hydrogen-bond acceptors (Lipinski definition) is 6. The summed E-state index contributed by atoms with van der Waals surface area (Å²) in [5.41, 5.74) is 4.18. The number of amides is 1. The van der Waals surface area contributed by atoms with Crippen LogP contribution in [0.3, 0.4) is 0 Å². The zero-order valence-electron chi connectivity index (χ0n) is 20.8. The second-order valence-electron chi connectivity index (χ2n) is 9.68. The lowest BCUT2D eigenvalue weighted by molar-refractivity contribution is -0.143. The number of allylic oxidation sites excluding steroid dienone is 1. The van der Waals surface area contributed by atoms with Gasteiger partial charge in [0.1, 0.15) is 0 Å². The highest BCUT2D eigenvalue weighted by atomic mass is 32.2. The Morgan fingerprint density at radius 3 is 2.56 bits per heavy atom. The first-order chi connectivity index (χ1) is 16.3. The van der Waals surface area contributed by atoms with Crippen molar-refractivity contribution in [3.63, 3.8) is 0 Å². The molecule has 1 unspecified atom stereocenters. The first-order valence-corrected chi connectivity index (χ1v) is 13.1. The van der Waals surface area contributed by atoms with Crippen LogP contribution in [0.15, 0.2) is 51.6 Å². The maximum atomic E-state index is 13.3. The molecule has 4 rings (SSSR count). The Bertz CT molecular complexity index is 1050. The van der Waals surface area contributed by atoms with Crippen molar-refractivity contribution in [2.75, 3.05) is 7.05 Å². The third-order valence-corrected chi connectivity index (χ3v) is 7.78. The number of rotatable bonds is 6. The Hall–Kier alpha value is -2.54. The highest BCUT2D eigenvalue weighted by Gasteiger charge is 2.42. The van der Waals surface area contributed by atoms with Gasteiger partial charge in [0.25, 0.3) is 0 Å². The molecule has 0 N–H and O–H groups in total. The van der Waals surface area contributed by atoms with Gasteiger partial charge in [-0.05, 0) is 57.1 Å². The first kappa shape index (κ1) is 24.6. The van der Waals surface area contributed by atoms with Crippen molar-refractivity contribution in [3.8, 4) is 0 Å². The first-order valence-electron chi connectivity index (χ1n) is 12.2. The van der Waals surface area contributed by atoms with Gasteiger partial charge in [0.15, 0.2) is 5.17 Å². The number of amidine groups is 1. The molecule has 0 saturated heterocycles. The molecule has 2 aliphatic heterocycles. The van der Waals surface area contributed by atoms with Gasteiger partial charge in [0.05, 0.1) is 29.8 Å². The molecule has 7 heteroatoms. The molecule has 1 atom stereocenters. The third kappa shape index (κ3) is 4.95. The van der Waals surface area contributed by atoms with Crippen LogP contribution < -0.4 is 0 Å². The van der Waals surface area contributed by atoms with E-state index in [0.717, 1.165) is 34.8 Å². The van der Waals surface area contributed by atoms with Crippen LogP contribution in [-0.4, -0.2) is 46.0 Å². The van der Waals surface area contributed by atoms with Crippen molar-refractivity contribution in [2.24, 2.45) is 4.99 Å². The smallest absolute Gasteiger partial charge is 0.338 e. The Kier molecular flexibility index (Phi) is 7.51. The lowest BCUT2D eigenvalue weighted by atomic mass is 9.91. The van der Waals surface area contributed by atoms with Crippen LogP contribution >= 0.6 is 11.8 Å². The topological polar surface area (TPSA) is 62.2 Å². The molecule has 3 aliphatic rings. The van der Waals surface area contributed by atoms with Gasteiger partial charge in [-0.15, -0.1) is 0 Å². The molecule has 6 nitrogen and oxygen atoms in total. The minimum atomic E-state index is -0.381. The van der Waals surface area contributed by atoms with Gasteiger partial charge in [-0.2, -0.15) is 0 Å². The minimum absolute atomic E-state index is 0.112. The van der Waals surface area contributed by atoms with Crippen molar-refractivity contribution in [1.29, 1.82) is 0 Å². The Labute approximate surface area is 207 Å². The quantitative estimate of drug-likeness (QED) is 0.488. The van der Waals surface area contributed by atoms with E-state index < -0.39 is 0 Å². The van der Waals surface area contributed by atoms with E-state index in [1.54, 1.807) is 0 Å². The summed E-state index contributed by atoms with van der Waals surface area (Å²) < 4.78 is 5.64. The number of nitrogens with zero attached hydrogens (tertiary/aromatic N) is 3. The molecule has 0 spiro atoms. The molecule has 0 aromatic heterocycles. The number of carbonyl (C=O) groups is 2. The van der Waals surface area contributed by atoms with Crippen LogP contribution in [0.1, 0.15) is 76.5 Å². The molecule has 0 bridgehead atoms. The molecule has 34 heavy (non-hydrogen) atoms. The fourth-order valence-electron chi connectivity index (χ4n) is 5.05. The average Bonchev–Trinajstić information content (AvgIpc) is 3.20. The van der Waals surface area contributed by atoms with E-state index in [2.05, 4.69) is 24.0 Å². The van der Waals surface area contributed by atoms with E-state index in [1.807, 2.05) is 50.3 Å². The molecule has 2 heterocycles. The molecule has 1 aromatic rings. The van der Waals surface area contributed by atoms with E-state index >= 15 is 0 Å². The van der Waals surface area contributed by atoms with E-state index in [0.29, 0.717) is 17.3 Å². The number of benzene rings is 1. The van der Waals surface area contributed by atoms with Gasteiger partial charge in [-0.1, -0.05) is 55.3 Å². The molecule has 1 fully saturated rings. The summed E-state index contributed by atoms with van der Waals surface area (Å²) in [6.07, 6.45) is 5.83. The Morgan fingerprint density at radius 2 is 1.88 bits per heavy atom. The Morgan fingerprint density at radius 1 is 1.18 bits per heavy atom. The fraction of sp³-hybridized carbons (Fsp3) is 0.519. The Balaban J connectivity index is 1.67. The molecular formula is C27H35N3O3S. The molecule has 1 amide bonds. The van der Waals surface area contributed by atoms with Crippen LogP contribution in [0.5, 0.6) is 0 Å². The second kappa shape index (κ2) is 10.4. The van der Waals surface area contributed by atoms with Gasteiger partial charge in [-0.25, -0.2) is 9.79 Å². The van der Waals surface area contributed by atoms with Crippen molar-refractivity contribution in [1.82, 2.24) is 9.80 Å². The number of fused-ring (bicyclic) bond motifs is 1. The average molecular weight is 482 g/mol. The zero-order valence-corrected chi connectivity index (χ0v) is 21.7. The van der Waals surface area contributed by atoms with E-state index in [4.69, 9.17) is 9.73 Å². The maximum Gasteiger partial charge on any atom is 0.338 e. The molecule has 182 valence electrons. The number of esters is 1. The predicted octanol–water partition coefficient (Wildman–Crippen LogP) is 5.70. The summed E-state index contributed by atoms with van der Waals surface area (Å²) in [6.45, 7) is 7.62. The van der Waals surface area contributed by atoms with Gasteiger partial charge in [0, 0.05) is 18.8 Å². The summed E-state index contributed by atoms with van der Waals surface area (Å²) in [5.74, 6) is -0.244. The maximum absolute atomic E-state index is 13.3. The van der Waals surface area contributed by atoms with Crippen LogP contribution in [0.4, 0.5) is 0 Å². The summed E-state index contributed by atoms with van der Waals surface area (Å²) in [4.78, 5) is 35.3. The largest absolute Gasteiger partial charge is 0.459 e.